The Labute approximate surface area is 313 Å². The van der Waals surface area contributed by atoms with E-state index in [0.717, 1.165) is 44.0 Å². The second kappa shape index (κ2) is 29.8. The van der Waals surface area contributed by atoms with Crippen molar-refractivity contribution in [2.24, 2.45) is 0 Å². The fourth-order valence-corrected chi connectivity index (χ4v) is 6.75. The second-order valence-electron chi connectivity index (χ2n) is 14.9. The maximum absolute atomic E-state index is 13.0. The molecule has 2 N–H and O–H groups in total. The van der Waals surface area contributed by atoms with Gasteiger partial charge in [0, 0.05) is 11.4 Å². The first kappa shape index (κ1) is 44.5. The van der Waals surface area contributed by atoms with E-state index in [9.17, 15) is 9.59 Å². The van der Waals surface area contributed by atoms with Gasteiger partial charge in [-0.1, -0.05) is 155 Å². The molecule has 0 aliphatic heterocycles. The van der Waals surface area contributed by atoms with Crippen molar-refractivity contribution in [2.75, 3.05) is 49.9 Å². The number of carbonyl (C=O) groups is 2. The standard InChI is InChI=1S/C45H76N4O2/c1-5-9-13-17-21-33-48(34-22-18-14-10-6-2)38-44(50)46-42-29-25-40(26-30-42)37-41-27-31-43(32-28-41)47-45(51)39-49(35-23-19-15-11-7-3)36-24-20-16-12-8-4/h25-32H,5-24,33-39H2,1-4H3,(H,46,50)(H,47,51). The summed E-state index contributed by atoms with van der Waals surface area (Å²) in [4.78, 5) is 30.7. The molecule has 0 aliphatic carbocycles. The SMILES string of the molecule is CCCCCCCN(CCCCCCC)CC(=O)Nc1ccc(Cc2ccc(NC(=O)CN(CCCCCCC)CCCCCCC)cc2)cc1. The third-order valence-electron chi connectivity index (χ3n) is 9.93. The second-order valence-corrected chi connectivity index (χ2v) is 14.9. The molecule has 0 aromatic heterocycles. The van der Waals surface area contributed by atoms with Crippen LogP contribution in [0.15, 0.2) is 48.5 Å². The highest BCUT2D eigenvalue weighted by molar-refractivity contribution is 5.92. The van der Waals surface area contributed by atoms with E-state index in [4.69, 9.17) is 0 Å². The molecular formula is C45H76N4O2. The lowest BCUT2D eigenvalue weighted by Gasteiger charge is -2.22. The number of hydrogen-bond donors (Lipinski definition) is 2. The van der Waals surface area contributed by atoms with Gasteiger partial charge in [-0.3, -0.25) is 19.4 Å². The fourth-order valence-electron chi connectivity index (χ4n) is 6.75. The van der Waals surface area contributed by atoms with Gasteiger partial charge in [0.05, 0.1) is 13.1 Å². The number of hydrogen-bond acceptors (Lipinski definition) is 4. The molecule has 0 atom stereocenters. The van der Waals surface area contributed by atoms with Crippen LogP contribution < -0.4 is 10.6 Å². The van der Waals surface area contributed by atoms with Crippen LogP contribution >= 0.6 is 0 Å². The van der Waals surface area contributed by atoms with Gasteiger partial charge in [0.25, 0.3) is 0 Å². The molecule has 0 unspecified atom stereocenters. The van der Waals surface area contributed by atoms with Crippen LogP contribution in [0.2, 0.25) is 0 Å². The molecule has 0 radical (unpaired) electrons. The predicted octanol–water partition coefficient (Wildman–Crippen LogP) is 11.6. The largest absolute Gasteiger partial charge is 0.325 e. The van der Waals surface area contributed by atoms with Crippen molar-refractivity contribution in [3.8, 4) is 0 Å². The van der Waals surface area contributed by atoms with Crippen LogP contribution in [0.1, 0.15) is 167 Å². The molecule has 0 saturated heterocycles. The van der Waals surface area contributed by atoms with E-state index >= 15 is 0 Å². The van der Waals surface area contributed by atoms with E-state index in [1.54, 1.807) is 0 Å². The van der Waals surface area contributed by atoms with Gasteiger partial charge in [-0.25, -0.2) is 0 Å². The van der Waals surface area contributed by atoms with Crippen molar-refractivity contribution in [1.82, 2.24) is 9.80 Å². The molecule has 2 aromatic carbocycles. The molecular weight excluding hydrogens is 629 g/mol. The van der Waals surface area contributed by atoms with Gasteiger partial charge in [0.15, 0.2) is 0 Å². The first-order chi connectivity index (χ1) is 25.0. The Kier molecular flexibility index (Phi) is 26.0. The van der Waals surface area contributed by atoms with Gasteiger partial charge in [0.2, 0.25) is 11.8 Å². The summed E-state index contributed by atoms with van der Waals surface area (Å²) in [5, 5.41) is 6.28. The number of nitrogens with one attached hydrogen (secondary N) is 2. The maximum atomic E-state index is 13.0. The summed E-state index contributed by atoms with van der Waals surface area (Å²) in [5.41, 5.74) is 4.09. The monoisotopic (exact) mass is 705 g/mol. The minimum atomic E-state index is 0.0737. The number of carbonyl (C=O) groups excluding carboxylic acids is 2. The van der Waals surface area contributed by atoms with Crippen molar-refractivity contribution in [3.05, 3.63) is 59.7 Å². The highest BCUT2D eigenvalue weighted by Gasteiger charge is 2.13. The Morgan fingerprint density at radius 2 is 0.686 bits per heavy atom. The minimum Gasteiger partial charge on any atom is -0.325 e. The normalized spacial score (nSPS) is 11.4. The van der Waals surface area contributed by atoms with E-state index in [1.165, 1.54) is 140 Å². The lowest BCUT2D eigenvalue weighted by molar-refractivity contribution is -0.118. The van der Waals surface area contributed by atoms with E-state index in [-0.39, 0.29) is 11.8 Å². The third-order valence-corrected chi connectivity index (χ3v) is 9.93. The van der Waals surface area contributed by atoms with E-state index in [0.29, 0.717) is 13.1 Å². The number of amides is 2. The van der Waals surface area contributed by atoms with Crippen molar-refractivity contribution in [3.63, 3.8) is 0 Å². The zero-order valence-corrected chi connectivity index (χ0v) is 33.4. The molecule has 0 spiro atoms. The Balaban J connectivity index is 1.82. The lowest BCUT2D eigenvalue weighted by Crippen LogP contribution is -2.34. The molecule has 51 heavy (non-hydrogen) atoms. The molecule has 0 bridgehead atoms. The highest BCUT2D eigenvalue weighted by atomic mass is 16.2. The van der Waals surface area contributed by atoms with Gasteiger partial charge < -0.3 is 10.6 Å². The Morgan fingerprint density at radius 1 is 0.412 bits per heavy atom. The fraction of sp³-hybridized carbons (Fsp3) is 0.689. The zero-order valence-electron chi connectivity index (χ0n) is 33.4. The minimum absolute atomic E-state index is 0.0737. The summed E-state index contributed by atoms with van der Waals surface area (Å²) < 4.78 is 0. The van der Waals surface area contributed by atoms with Crippen molar-refractivity contribution >= 4 is 23.2 Å². The molecule has 6 heteroatoms. The van der Waals surface area contributed by atoms with Gasteiger partial charge >= 0.3 is 0 Å². The molecule has 0 saturated carbocycles. The van der Waals surface area contributed by atoms with Gasteiger partial charge in [-0.2, -0.15) is 0 Å². The average Bonchev–Trinajstić information content (AvgIpc) is 3.12. The van der Waals surface area contributed by atoms with Gasteiger partial charge in [0.1, 0.15) is 0 Å². The van der Waals surface area contributed by atoms with Crippen molar-refractivity contribution in [1.29, 1.82) is 0 Å². The van der Waals surface area contributed by atoms with Crippen LogP contribution in [0.5, 0.6) is 0 Å². The van der Waals surface area contributed by atoms with Crippen LogP contribution in [0.3, 0.4) is 0 Å². The molecule has 0 heterocycles. The maximum Gasteiger partial charge on any atom is 0.238 e. The van der Waals surface area contributed by atoms with Gasteiger partial charge in [-0.05, 0) is 93.7 Å². The highest BCUT2D eigenvalue weighted by Crippen LogP contribution is 2.17. The number of rotatable bonds is 32. The lowest BCUT2D eigenvalue weighted by atomic mass is 10.0. The quantitative estimate of drug-likeness (QED) is 0.0744. The Bertz CT molecular complexity index is 1020. The smallest absolute Gasteiger partial charge is 0.238 e. The summed E-state index contributed by atoms with van der Waals surface area (Å²) in [6.45, 7) is 13.9. The molecule has 2 rings (SSSR count). The van der Waals surface area contributed by atoms with E-state index in [2.05, 4.69) is 72.4 Å². The summed E-state index contributed by atoms with van der Waals surface area (Å²) in [7, 11) is 0. The molecule has 288 valence electrons. The number of nitrogens with zero attached hydrogens (tertiary/aromatic N) is 2. The third kappa shape index (κ3) is 22.8. The summed E-state index contributed by atoms with van der Waals surface area (Å²) in [5.74, 6) is 0.147. The average molecular weight is 705 g/mol. The van der Waals surface area contributed by atoms with Crippen molar-refractivity contribution < 1.29 is 9.59 Å². The molecule has 6 nitrogen and oxygen atoms in total. The summed E-state index contributed by atoms with van der Waals surface area (Å²) >= 11 is 0. The zero-order chi connectivity index (χ0) is 36.8. The predicted molar refractivity (Wildman–Crippen MR) is 221 cm³/mol. The number of benzene rings is 2. The topological polar surface area (TPSA) is 64.7 Å². The number of anilines is 2. The molecule has 2 amide bonds. The van der Waals surface area contributed by atoms with Crippen LogP contribution in [-0.2, 0) is 16.0 Å². The molecule has 0 fully saturated rings. The van der Waals surface area contributed by atoms with Gasteiger partial charge in [-0.15, -0.1) is 0 Å². The Hall–Kier alpha value is -2.70. The summed E-state index contributed by atoms with van der Waals surface area (Å²) in [6.07, 6.45) is 25.8. The molecule has 2 aromatic rings. The molecule has 0 aliphatic rings. The van der Waals surface area contributed by atoms with Crippen LogP contribution in [0.4, 0.5) is 11.4 Å². The van der Waals surface area contributed by atoms with Crippen LogP contribution in [0.25, 0.3) is 0 Å². The number of unbranched alkanes of at least 4 members (excludes halogenated alkanes) is 16. The van der Waals surface area contributed by atoms with Crippen LogP contribution in [-0.4, -0.2) is 60.9 Å². The van der Waals surface area contributed by atoms with E-state index < -0.39 is 0 Å². The first-order valence-electron chi connectivity index (χ1n) is 21.2. The van der Waals surface area contributed by atoms with E-state index in [1.807, 2.05) is 24.3 Å². The van der Waals surface area contributed by atoms with Crippen LogP contribution in [0, 0.1) is 0 Å². The Morgan fingerprint density at radius 3 is 0.961 bits per heavy atom. The summed E-state index contributed by atoms with van der Waals surface area (Å²) in [6, 6.07) is 16.5. The first-order valence-corrected chi connectivity index (χ1v) is 21.2. The van der Waals surface area contributed by atoms with Crippen molar-refractivity contribution in [2.45, 2.75) is 163 Å².